The van der Waals surface area contributed by atoms with Gasteiger partial charge in [-0.25, -0.2) is 4.98 Å². The summed E-state index contributed by atoms with van der Waals surface area (Å²) in [6.45, 7) is 2.76. The van der Waals surface area contributed by atoms with Gasteiger partial charge in [0.2, 0.25) is 5.88 Å². The quantitative estimate of drug-likeness (QED) is 0.549. The zero-order valence-electron chi connectivity index (χ0n) is 17.9. The van der Waals surface area contributed by atoms with Crippen molar-refractivity contribution in [1.29, 1.82) is 0 Å². The molecule has 0 saturated carbocycles. The van der Waals surface area contributed by atoms with Crippen LogP contribution in [0, 0.1) is 0 Å². The van der Waals surface area contributed by atoms with Gasteiger partial charge in [-0.05, 0) is 48.7 Å². The minimum Gasteiger partial charge on any atom is -0.439 e. The monoisotopic (exact) mass is 455 g/mol. The van der Waals surface area contributed by atoms with E-state index in [4.69, 9.17) is 4.74 Å². The molecule has 5 nitrogen and oxygen atoms in total. The summed E-state index contributed by atoms with van der Waals surface area (Å²) < 4.78 is 43.3. The van der Waals surface area contributed by atoms with Crippen molar-refractivity contribution in [3.8, 4) is 11.6 Å². The van der Waals surface area contributed by atoms with E-state index < -0.39 is 11.7 Å². The molecule has 0 aliphatic carbocycles. The lowest BCUT2D eigenvalue weighted by molar-refractivity contribution is -0.137. The van der Waals surface area contributed by atoms with Crippen LogP contribution in [0.2, 0.25) is 0 Å². The van der Waals surface area contributed by atoms with Gasteiger partial charge in [-0.2, -0.15) is 13.2 Å². The molecule has 3 aromatic rings. The van der Waals surface area contributed by atoms with Gasteiger partial charge in [0.05, 0.1) is 5.56 Å². The fourth-order valence-corrected chi connectivity index (χ4v) is 3.75. The fourth-order valence-electron chi connectivity index (χ4n) is 3.75. The lowest BCUT2D eigenvalue weighted by Crippen LogP contribution is -2.44. The highest BCUT2D eigenvalue weighted by Crippen LogP contribution is 2.30. The summed E-state index contributed by atoms with van der Waals surface area (Å²) in [6, 6.07) is 19.0. The van der Waals surface area contributed by atoms with Crippen LogP contribution in [-0.4, -0.2) is 34.9 Å². The van der Waals surface area contributed by atoms with Crippen LogP contribution in [0.3, 0.4) is 0 Å². The number of amides is 1. The fraction of sp³-hybridized carbons (Fsp3) is 0.280. The molecule has 1 aromatic heterocycles. The number of carbonyl (C=O) groups is 1. The van der Waals surface area contributed by atoms with Crippen LogP contribution in [0.15, 0.2) is 72.9 Å². The first-order valence-corrected chi connectivity index (χ1v) is 10.7. The van der Waals surface area contributed by atoms with E-state index in [1.54, 1.807) is 24.3 Å². The summed E-state index contributed by atoms with van der Waals surface area (Å²) in [7, 11) is 0. The van der Waals surface area contributed by atoms with Crippen LogP contribution in [0.1, 0.15) is 34.3 Å². The largest absolute Gasteiger partial charge is 0.439 e. The second-order valence-corrected chi connectivity index (χ2v) is 8.02. The van der Waals surface area contributed by atoms with Gasteiger partial charge in [-0.1, -0.05) is 30.3 Å². The summed E-state index contributed by atoms with van der Waals surface area (Å²) in [5, 5.41) is 3.08. The van der Waals surface area contributed by atoms with Gasteiger partial charge in [0.25, 0.3) is 5.91 Å². The van der Waals surface area contributed by atoms with E-state index in [2.05, 4.69) is 27.3 Å². The van der Waals surface area contributed by atoms with Gasteiger partial charge >= 0.3 is 6.18 Å². The average molecular weight is 455 g/mol. The molecule has 1 N–H and O–H groups in total. The van der Waals surface area contributed by atoms with Crippen LogP contribution < -0.4 is 10.1 Å². The SMILES string of the molecule is O=C(NC1CCN(Cc2ccccc2)CC1)c1ccc(Oc2ccc(C(F)(F)F)cn2)cc1. The van der Waals surface area contributed by atoms with Gasteiger partial charge in [-0.3, -0.25) is 9.69 Å². The van der Waals surface area contributed by atoms with Gasteiger partial charge in [0.15, 0.2) is 0 Å². The predicted octanol–water partition coefficient (Wildman–Crippen LogP) is 5.29. The van der Waals surface area contributed by atoms with Gasteiger partial charge < -0.3 is 10.1 Å². The molecule has 1 fully saturated rings. The van der Waals surface area contributed by atoms with Crippen LogP contribution in [0.4, 0.5) is 13.2 Å². The van der Waals surface area contributed by atoms with E-state index in [1.165, 1.54) is 5.56 Å². The topological polar surface area (TPSA) is 54.5 Å². The van der Waals surface area contributed by atoms with Crippen molar-refractivity contribution < 1.29 is 22.7 Å². The molecule has 2 aromatic carbocycles. The van der Waals surface area contributed by atoms with E-state index in [0.717, 1.165) is 50.8 Å². The number of hydrogen-bond donors (Lipinski definition) is 1. The molecule has 1 amide bonds. The zero-order chi connectivity index (χ0) is 23.3. The number of likely N-dealkylation sites (tertiary alicyclic amines) is 1. The third-order valence-electron chi connectivity index (χ3n) is 5.57. The molecule has 2 heterocycles. The number of rotatable bonds is 6. The Kier molecular flexibility index (Phi) is 6.93. The van der Waals surface area contributed by atoms with E-state index in [-0.39, 0.29) is 17.8 Å². The summed E-state index contributed by atoms with van der Waals surface area (Å²) >= 11 is 0. The zero-order valence-corrected chi connectivity index (χ0v) is 17.9. The maximum atomic E-state index is 12.6. The van der Waals surface area contributed by atoms with E-state index >= 15 is 0 Å². The highest BCUT2D eigenvalue weighted by Gasteiger charge is 2.30. The first kappa shape index (κ1) is 22.8. The van der Waals surface area contributed by atoms with E-state index in [9.17, 15) is 18.0 Å². The standard InChI is InChI=1S/C25H24F3N3O2/c26-25(27,28)20-8-11-23(29-16-20)33-22-9-6-19(7-10-22)24(32)30-21-12-14-31(15-13-21)17-18-4-2-1-3-5-18/h1-11,16,21H,12-15,17H2,(H,30,32). The van der Waals surface area contributed by atoms with Gasteiger partial charge in [0, 0.05) is 43.5 Å². The third-order valence-corrected chi connectivity index (χ3v) is 5.57. The molecule has 4 rings (SSSR count). The number of ether oxygens (including phenoxy) is 1. The molecule has 0 spiro atoms. The minimum absolute atomic E-state index is 0.0439. The Bertz CT molecular complexity index is 1050. The number of nitrogens with zero attached hydrogens (tertiary/aromatic N) is 2. The molecule has 33 heavy (non-hydrogen) atoms. The van der Waals surface area contributed by atoms with Crippen molar-refractivity contribution in [1.82, 2.24) is 15.2 Å². The second kappa shape index (κ2) is 10.0. The van der Waals surface area contributed by atoms with Crippen molar-refractivity contribution in [2.45, 2.75) is 31.6 Å². The molecular formula is C25H24F3N3O2. The number of hydrogen-bond acceptors (Lipinski definition) is 4. The van der Waals surface area contributed by atoms with E-state index in [1.807, 2.05) is 18.2 Å². The first-order chi connectivity index (χ1) is 15.9. The number of nitrogens with one attached hydrogen (secondary N) is 1. The number of benzene rings is 2. The van der Waals surface area contributed by atoms with Crippen molar-refractivity contribution in [3.63, 3.8) is 0 Å². The number of piperidine rings is 1. The van der Waals surface area contributed by atoms with E-state index in [0.29, 0.717) is 11.3 Å². The summed E-state index contributed by atoms with van der Waals surface area (Å²) in [4.78, 5) is 18.7. The molecule has 8 heteroatoms. The van der Waals surface area contributed by atoms with Gasteiger partial charge in [-0.15, -0.1) is 0 Å². The van der Waals surface area contributed by atoms with Crippen molar-refractivity contribution in [2.75, 3.05) is 13.1 Å². The summed E-state index contributed by atoms with van der Waals surface area (Å²) in [6.07, 6.45) is -1.94. The maximum absolute atomic E-state index is 12.6. The molecule has 1 aliphatic rings. The van der Waals surface area contributed by atoms with Crippen molar-refractivity contribution >= 4 is 5.91 Å². The molecule has 172 valence electrons. The Balaban J connectivity index is 1.25. The van der Waals surface area contributed by atoms with Crippen molar-refractivity contribution in [2.24, 2.45) is 0 Å². The number of carbonyl (C=O) groups excluding carboxylic acids is 1. The normalized spacial score (nSPS) is 15.2. The average Bonchev–Trinajstić information content (AvgIpc) is 2.81. The molecule has 1 aliphatic heterocycles. The maximum Gasteiger partial charge on any atom is 0.417 e. The molecule has 1 saturated heterocycles. The first-order valence-electron chi connectivity index (χ1n) is 10.7. The third kappa shape index (κ3) is 6.32. The molecule has 0 radical (unpaired) electrons. The molecule has 0 bridgehead atoms. The Labute approximate surface area is 190 Å². The Hall–Kier alpha value is -3.39. The summed E-state index contributed by atoms with van der Waals surface area (Å²) in [5.41, 5.74) is 0.941. The van der Waals surface area contributed by atoms with Crippen molar-refractivity contribution in [3.05, 3.63) is 89.6 Å². The smallest absolute Gasteiger partial charge is 0.417 e. The lowest BCUT2D eigenvalue weighted by atomic mass is 10.0. The summed E-state index contributed by atoms with van der Waals surface area (Å²) in [5.74, 6) is 0.270. The number of aromatic nitrogens is 1. The van der Waals surface area contributed by atoms with Gasteiger partial charge in [0.1, 0.15) is 5.75 Å². The molecule has 0 unspecified atom stereocenters. The lowest BCUT2D eigenvalue weighted by Gasteiger charge is -2.32. The van der Waals surface area contributed by atoms with Crippen LogP contribution >= 0.6 is 0 Å². The second-order valence-electron chi connectivity index (χ2n) is 8.02. The Morgan fingerprint density at radius 1 is 1.00 bits per heavy atom. The Morgan fingerprint density at radius 3 is 2.30 bits per heavy atom. The predicted molar refractivity (Wildman–Crippen MR) is 118 cm³/mol. The van der Waals surface area contributed by atoms with Crippen LogP contribution in [-0.2, 0) is 12.7 Å². The van der Waals surface area contributed by atoms with Crippen LogP contribution in [0.5, 0.6) is 11.6 Å². The van der Waals surface area contributed by atoms with Crippen LogP contribution in [0.25, 0.3) is 0 Å². The number of pyridine rings is 1. The highest BCUT2D eigenvalue weighted by atomic mass is 19.4. The molecular weight excluding hydrogens is 431 g/mol. The minimum atomic E-state index is -4.45. The highest BCUT2D eigenvalue weighted by molar-refractivity contribution is 5.94. The number of halogens is 3. The number of alkyl halides is 3. The Morgan fingerprint density at radius 2 is 1.70 bits per heavy atom. The molecule has 0 atom stereocenters.